The van der Waals surface area contributed by atoms with Gasteiger partial charge in [-0.05, 0) is 86.2 Å². The van der Waals surface area contributed by atoms with Gasteiger partial charge in [0.2, 0.25) is 0 Å². The van der Waals surface area contributed by atoms with Gasteiger partial charge in [-0.15, -0.1) is 0 Å². The van der Waals surface area contributed by atoms with Crippen LogP contribution < -0.4 is 19.5 Å². The number of ether oxygens (including phenoxy) is 3. The Balaban J connectivity index is 1.29. The molecule has 56 heavy (non-hydrogen) atoms. The number of rotatable bonds is 19. The Bertz CT molecular complexity index is 2090. The first-order valence-electron chi connectivity index (χ1n) is 18.2. The Labute approximate surface area is 331 Å². The quantitative estimate of drug-likeness (QED) is 0.0748. The lowest BCUT2D eigenvalue weighted by Crippen LogP contribution is -2.52. The average molecular weight is 787 g/mol. The molecule has 0 spiro atoms. The third kappa shape index (κ3) is 9.76. The summed E-state index contributed by atoms with van der Waals surface area (Å²) in [5, 5.41) is 51.1. The molecule has 2 heterocycles. The number of aliphatic hydroxyl groups excluding tert-OH is 2. The molecule has 0 radical (unpaired) electrons. The lowest BCUT2D eigenvalue weighted by molar-refractivity contribution is -0.150. The molecule has 5 rings (SSSR count). The third-order valence-corrected chi connectivity index (χ3v) is 10.7. The fraction of sp³-hybridized carbons (Fsp3) is 0.381. The Hall–Kier alpha value is -5.23. The van der Waals surface area contributed by atoms with Crippen molar-refractivity contribution in [1.82, 2.24) is 15.2 Å². The van der Waals surface area contributed by atoms with Crippen molar-refractivity contribution in [1.29, 1.82) is 5.26 Å². The monoisotopic (exact) mass is 786 g/mol. The molecule has 1 aliphatic rings. The summed E-state index contributed by atoms with van der Waals surface area (Å²) in [5.41, 5.74) is 3.78. The van der Waals surface area contributed by atoms with Gasteiger partial charge in [-0.3, -0.25) is 19.9 Å². The molecule has 1 aliphatic heterocycles. The molecule has 1 fully saturated rings. The number of hydrogen-bond donors (Lipinski definition) is 5. The van der Waals surface area contributed by atoms with Crippen LogP contribution in [0, 0.1) is 30.6 Å². The van der Waals surface area contributed by atoms with Crippen LogP contribution in [0.5, 0.6) is 17.2 Å². The van der Waals surface area contributed by atoms with Crippen LogP contribution in [0.4, 0.5) is 0 Å². The van der Waals surface area contributed by atoms with E-state index in [-0.39, 0.29) is 31.4 Å². The van der Waals surface area contributed by atoms with Gasteiger partial charge >= 0.3 is 11.9 Å². The molecule has 14 heteroatoms. The first kappa shape index (κ1) is 41.9. The Morgan fingerprint density at radius 1 is 0.964 bits per heavy atom. The minimum atomic E-state index is -1.61. The molecule has 13 nitrogen and oxygen atoms in total. The highest BCUT2D eigenvalue weighted by molar-refractivity contribution is 6.32. The molecule has 0 aliphatic carbocycles. The number of likely N-dealkylation sites (tertiary alicyclic amines) is 1. The lowest BCUT2D eigenvalue weighted by atomic mass is 9.88. The number of nitrogens with one attached hydrogen (secondary N) is 1. The van der Waals surface area contributed by atoms with Crippen molar-refractivity contribution >= 4 is 23.5 Å². The van der Waals surface area contributed by atoms with E-state index >= 15 is 0 Å². The molecule has 0 bridgehead atoms. The van der Waals surface area contributed by atoms with E-state index < -0.39 is 29.5 Å². The number of nitrogens with zero attached hydrogens (tertiary/aromatic N) is 3. The molecule has 1 unspecified atom stereocenters. The predicted molar refractivity (Wildman–Crippen MR) is 209 cm³/mol. The number of aromatic nitrogens is 1. The largest absolute Gasteiger partial charge is 0.493 e. The standard InChI is InChI=1S/C42H47ClN4O9/c1-27-31(7-4-8-33(27)34-9-5-10-36(28(34)2)54-14-6-12-47-13-11-42(24-47,26-49)40(52)53)23-56-38-17-37(55-22-30-15-29(18-44)19-45-20-30)32(16-35(38)43)21-46-41(3,25-48)39(50)51/h4-5,7-10,15-17,19-20,46,48-49H,6,11-14,21-26H2,1-3H3,(H,50,51)(H,52,53)/t41-,42?/m1/s1. The summed E-state index contributed by atoms with van der Waals surface area (Å²) in [7, 11) is 0. The van der Waals surface area contributed by atoms with Gasteiger partial charge in [0, 0.05) is 49.2 Å². The number of benzene rings is 3. The van der Waals surface area contributed by atoms with Crippen LogP contribution in [0.3, 0.4) is 0 Å². The van der Waals surface area contributed by atoms with Crippen LogP contribution in [0.2, 0.25) is 5.02 Å². The molecule has 5 N–H and O–H groups in total. The van der Waals surface area contributed by atoms with E-state index in [1.54, 1.807) is 24.4 Å². The van der Waals surface area contributed by atoms with Crippen LogP contribution in [-0.4, -0.2) is 87.2 Å². The van der Waals surface area contributed by atoms with E-state index in [0.717, 1.165) is 33.6 Å². The highest BCUT2D eigenvalue weighted by Gasteiger charge is 2.44. The summed E-state index contributed by atoms with van der Waals surface area (Å²) in [6.45, 7) is 6.74. The summed E-state index contributed by atoms with van der Waals surface area (Å²) in [5.74, 6) is -0.716. The normalized spacial score (nSPS) is 16.5. The zero-order valence-corrected chi connectivity index (χ0v) is 32.4. The third-order valence-electron chi connectivity index (χ3n) is 10.4. The molecular weight excluding hydrogens is 740 g/mol. The second-order valence-electron chi connectivity index (χ2n) is 14.3. The van der Waals surface area contributed by atoms with Gasteiger partial charge in [0.05, 0.1) is 30.4 Å². The van der Waals surface area contributed by atoms with Crippen molar-refractivity contribution in [3.63, 3.8) is 0 Å². The van der Waals surface area contributed by atoms with E-state index in [4.69, 9.17) is 25.8 Å². The molecular formula is C42H47ClN4O9. The molecule has 4 aromatic rings. The smallest absolute Gasteiger partial charge is 0.326 e. The average Bonchev–Trinajstić information content (AvgIpc) is 3.63. The molecule has 2 atom stereocenters. The second kappa shape index (κ2) is 18.6. The van der Waals surface area contributed by atoms with Gasteiger partial charge in [0.25, 0.3) is 0 Å². The lowest BCUT2D eigenvalue weighted by Gasteiger charge is -2.25. The van der Waals surface area contributed by atoms with Gasteiger partial charge in [-0.1, -0.05) is 41.9 Å². The number of hydrogen-bond acceptors (Lipinski definition) is 11. The van der Waals surface area contributed by atoms with Gasteiger partial charge in [-0.2, -0.15) is 5.26 Å². The summed E-state index contributed by atoms with van der Waals surface area (Å²) >= 11 is 6.73. The van der Waals surface area contributed by atoms with Crippen LogP contribution >= 0.6 is 11.6 Å². The molecule has 1 saturated heterocycles. The van der Waals surface area contributed by atoms with Crippen molar-refractivity contribution in [3.8, 4) is 34.4 Å². The molecule has 1 aromatic heterocycles. The summed E-state index contributed by atoms with van der Waals surface area (Å²) < 4.78 is 18.6. The summed E-state index contributed by atoms with van der Waals surface area (Å²) in [6.07, 6.45) is 4.17. The molecule has 0 amide bonds. The zero-order valence-electron chi connectivity index (χ0n) is 31.7. The van der Waals surface area contributed by atoms with Gasteiger partial charge in [0.1, 0.15) is 47.5 Å². The van der Waals surface area contributed by atoms with Crippen molar-refractivity contribution in [3.05, 3.63) is 105 Å². The van der Waals surface area contributed by atoms with E-state index in [9.17, 15) is 35.3 Å². The number of aliphatic carboxylic acids is 2. The van der Waals surface area contributed by atoms with Crippen LogP contribution in [0.1, 0.15) is 53.1 Å². The summed E-state index contributed by atoms with van der Waals surface area (Å²) in [6, 6.07) is 18.9. The van der Waals surface area contributed by atoms with Crippen LogP contribution in [-0.2, 0) is 29.3 Å². The second-order valence-corrected chi connectivity index (χ2v) is 14.7. The molecule has 0 saturated carbocycles. The van der Waals surface area contributed by atoms with Crippen LogP contribution in [0.25, 0.3) is 11.1 Å². The van der Waals surface area contributed by atoms with E-state index in [2.05, 4.69) is 21.3 Å². The van der Waals surface area contributed by atoms with Gasteiger partial charge in [0.15, 0.2) is 0 Å². The highest BCUT2D eigenvalue weighted by atomic mass is 35.5. The van der Waals surface area contributed by atoms with E-state index in [1.165, 1.54) is 13.1 Å². The van der Waals surface area contributed by atoms with Gasteiger partial charge < -0.3 is 39.5 Å². The number of nitriles is 1. The minimum absolute atomic E-state index is 0.00889. The van der Waals surface area contributed by atoms with Crippen molar-refractivity contribution in [2.24, 2.45) is 5.41 Å². The topological polar surface area (TPSA) is 195 Å². The van der Waals surface area contributed by atoms with E-state index in [0.29, 0.717) is 67.3 Å². The number of carboxylic acid groups (broad SMARTS) is 2. The Kier molecular flexibility index (Phi) is 13.9. The van der Waals surface area contributed by atoms with Gasteiger partial charge in [-0.25, -0.2) is 0 Å². The highest BCUT2D eigenvalue weighted by Crippen LogP contribution is 2.37. The Morgan fingerprint density at radius 2 is 1.70 bits per heavy atom. The number of halogens is 1. The predicted octanol–water partition coefficient (Wildman–Crippen LogP) is 5.51. The fourth-order valence-corrected chi connectivity index (χ4v) is 6.82. The first-order chi connectivity index (χ1) is 26.8. The van der Waals surface area contributed by atoms with Crippen LogP contribution in [0.15, 0.2) is 67.0 Å². The fourth-order valence-electron chi connectivity index (χ4n) is 6.58. The number of carbonyl (C=O) groups is 2. The first-order valence-corrected chi connectivity index (χ1v) is 18.6. The van der Waals surface area contributed by atoms with Crippen molar-refractivity contribution < 1.29 is 44.2 Å². The van der Waals surface area contributed by atoms with Crippen molar-refractivity contribution in [2.75, 3.05) is 39.5 Å². The molecule has 3 aromatic carbocycles. The van der Waals surface area contributed by atoms with Crippen molar-refractivity contribution in [2.45, 2.75) is 58.9 Å². The maximum Gasteiger partial charge on any atom is 0.326 e. The molecule has 296 valence electrons. The maximum absolute atomic E-state index is 11.8. The zero-order chi connectivity index (χ0) is 40.5. The Morgan fingerprint density at radius 3 is 2.38 bits per heavy atom. The minimum Gasteiger partial charge on any atom is -0.493 e. The SMILES string of the molecule is Cc1c(COc2cc(OCc3cncc(C#N)c3)c(CN[C@](C)(CO)C(=O)O)cc2Cl)cccc1-c1cccc(OCCCN2CCC(CO)(C(=O)O)C2)c1C. The summed E-state index contributed by atoms with van der Waals surface area (Å²) in [4.78, 5) is 29.6. The number of aliphatic hydroxyl groups is 2. The maximum atomic E-state index is 11.8. The number of pyridine rings is 1. The number of carboxylic acids is 2. The van der Waals surface area contributed by atoms with E-state index in [1.807, 2.05) is 50.2 Å².